The van der Waals surface area contributed by atoms with Gasteiger partial charge in [0.15, 0.2) is 0 Å². The minimum Gasteiger partial charge on any atom is -0.312 e. The Bertz CT molecular complexity index is 588. The van der Waals surface area contributed by atoms with Crippen molar-refractivity contribution in [2.75, 3.05) is 7.05 Å². The van der Waals surface area contributed by atoms with Gasteiger partial charge in [-0.15, -0.1) is 0 Å². The zero-order chi connectivity index (χ0) is 14.7. The lowest BCUT2D eigenvalue weighted by Gasteiger charge is -2.38. The molecule has 1 aliphatic rings. The van der Waals surface area contributed by atoms with Crippen LogP contribution in [0.25, 0.3) is 0 Å². The Labute approximate surface area is 132 Å². The van der Waals surface area contributed by atoms with E-state index >= 15 is 0 Å². The fourth-order valence-electron chi connectivity index (χ4n) is 3.97. The Hall–Kier alpha value is -1.31. The molecule has 0 heterocycles. The first-order chi connectivity index (χ1) is 10.3. The molecule has 0 bridgehead atoms. The van der Waals surface area contributed by atoms with E-state index in [-0.39, 0.29) is 5.41 Å². The van der Waals surface area contributed by atoms with Crippen LogP contribution in [0.4, 0.5) is 0 Å². The molecular weight excluding hydrogens is 278 g/mol. The van der Waals surface area contributed by atoms with Gasteiger partial charge in [-0.05, 0) is 43.1 Å². The Kier molecular flexibility index (Phi) is 4.32. The lowest BCUT2D eigenvalue weighted by Crippen LogP contribution is -2.38. The van der Waals surface area contributed by atoms with E-state index in [1.54, 1.807) is 0 Å². The van der Waals surface area contributed by atoms with Gasteiger partial charge in [0.25, 0.3) is 0 Å². The summed E-state index contributed by atoms with van der Waals surface area (Å²) in [7, 11) is 2.06. The Balaban J connectivity index is 2.07. The quantitative estimate of drug-likeness (QED) is 0.827. The Morgan fingerprint density at radius 2 is 1.71 bits per heavy atom. The first kappa shape index (κ1) is 14.6. The second-order valence-electron chi connectivity index (χ2n) is 6.01. The third kappa shape index (κ3) is 2.73. The van der Waals surface area contributed by atoms with Crippen LogP contribution in [-0.2, 0) is 5.41 Å². The second kappa shape index (κ2) is 6.21. The Morgan fingerprint density at radius 1 is 1.00 bits per heavy atom. The molecule has 2 aromatic carbocycles. The van der Waals surface area contributed by atoms with E-state index in [9.17, 15) is 0 Å². The summed E-state index contributed by atoms with van der Waals surface area (Å²) in [5.74, 6) is 0. The summed E-state index contributed by atoms with van der Waals surface area (Å²) in [5.41, 5.74) is 2.92. The maximum atomic E-state index is 6.22. The van der Waals surface area contributed by atoms with Crippen molar-refractivity contribution >= 4 is 11.6 Å². The summed E-state index contributed by atoms with van der Waals surface area (Å²) >= 11 is 6.22. The van der Waals surface area contributed by atoms with E-state index < -0.39 is 0 Å². The van der Waals surface area contributed by atoms with Gasteiger partial charge in [-0.2, -0.15) is 0 Å². The Morgan fingerprint density at radius 3 is 2.33 bits per heavy atom. The molecule has 21 heavy (non-hydrogen) atoms. The average molecular weight is 300 g/mol. The third-order valence-corrected chi connectivity index (χ3v) is 5.10. The summed E-state index contributed by atoms with van der Waals surface area (Å²) < 4.78 is 0. The van der Waals surface area contributed by atoms with Crippen molar-refractivity contribution in [1.29, 1.82) is 0 Å². The highest BCUT2D eigenvalue weighted by atomic mass is 35.5. The third-order valence-electron chi connectivity index (χ3n) is 4.87. The molecule has 0 radical (unpaired) electrons. The standard InChI is InChI=1S/C19H22ClN/c1-21-18(15-8-7-11-17(20)14-15)19(12-5-6-13-19)16-9-3-2-4-10-16/h2-4,7-11,14,18,21H,5-6,12-13H2,1H3. The van der Waals surface area contributed by atoms with Gasteiger partial charge in [0.2, 0.25) is 0 Å². The van der Waals surface area contributed by atoms with Crippen molar-refractivity contribution in [3.8, 4) is 0 Å². The van der Waals surface area contributed by atoms with Gasteiger partial charge < -0.3 is 5.32 Å². The first-order valence-electron chi connectivity index (χ1n) is 7.74. The van der Waals surface area contributed by atoms with Crippen molar-refractivity contribution in [3.63, 3.8) is 0 Å². The minimum absolute atomic E-state index is 0.181. The fourth-order valence-corrected chi connectivity index (χ4v) is 4.17. The normalized spacial score (nSPS) is 18.6. The smallest absolute Gasteiger partial charge is 0.0416 e. The highest BCUT2D eigenvalue weighted by Gasteiger charge is 2.42. The molecule has 1 saturated carbocycles. The molecule has 2 heteroatoms. The molecule has 110 valence electrons. The monoisotopic (exact) mass is 299 g/mol. The van der Waals surface area contributed by atoms with E-state index in [0.29, 0.717) is 6.04 Å². The van der Waals surface area contributed by atoms with E-state index in [0.717, 1.165) is 5.02 Å². The number of benzene rings is 2. The zero-order valence-electron chi connectivity index (χ0n) is 12.5. The van der Waals surface area contributed by atoms with Crippen LogP contribution in [0.3, 0.4) is 0 Å². The van der Waals surface area contributed by atoms with Crippen LogP contribution < -0.4 is 5.32 Å². The van der Waals surface area contributed by atoms with Crippen LogP contribution in [0.15, 0.2) is 54.6 Å². The van der Waals surface area contributed by atoms with Gasteiger partial charge in [-0.25, -0.2) is 0 Å². The summed E-state index contributed by atoms with van der Waals surface area (Å²) in [6, 6.07) is 19.6. The maximum Gasteiger partial charge on any atom is 0.0416 e. The topological polar surface area (TPSA) is 12.0 Å². The zero-order valence-corrected chi connectivity index (χ0v) is 13.2. The molecule has 2 aromatic rings. The largest absolute Gasteiger partial charge is 0.312 e. The molecule has 0 saturated heterocycles. The van der Waals surface area contributed by atoms with Gasteiger partial charge in [-0.1, -0.05) is 66.9 Å². The van der Waals surface area contributed by atoms with E-state index in [4.69, 9.17) is 11.6 Å². The average Bonchev–Trinajstić information content (AvgIpc) is 3.00. The van der Waals surface area contributed by atoms with Crippen LogP contribution >= 0.6 is 11.6 Å². The summed E-state index contributed by atoms with van der Waals surface area (Å²) in [5, 5.41) is 4.38. The number of hydrogen-bond donors (Lipinski definition) is 1. The molecule has 1 N–H and O–H groups in total. The van der Waals surface area contributed by atoms with Gasteiger partial charge in [-0.3, -0.25) is 0 Å². The number of rotatable bonds is 4. The van der Waals surface area contributed by atoms with Crippen molar-refractivity contribution in [3.05, 3.63) is 70.7 Å². The first-order valence-corrected chi connectivity index (χ1v) is 8.12. The van der Waals surface area contributed by atoms with Gasteiger partial charge in [0.05, 0.1) is 0 Å². The summed E-state index contributed by atoms with van der Waals surface area (Å²) in [6.45, 7) is 0. The molecule has 1 fully saturated rings. The van der Waals surface area contributed by atoms with Crippen LogP contribution in [0, 0.1) is 0 Å². The minimum atomic E-state index is 0.181. The lowest BCUT2D eigenvalue weighted by atomic mass is 9.70. The SMILES string of the molecule is CNC(c1cccc(Cl)c1)C1(c2ccccc2)CCCC1. The van der Waals surface area contributed by atoms with Gasteiger partial charge in [0.1, 0.15) is 0 Å². The predicted molar refractivity (Wildman–Crippen MR) is 89.8 cm³/mol. The molecule has 0 amide bonds. The highest BCUT2D eigenvalue weighted by Crippen LogP contribution is 2.49. The van der Waals surface area contributed by atoms with Crippen molar-refractivity contribution < 1.29 is 0 Å². The van der Waals surface area contributed by atoms with Crippen molar-refractivity contribution in [2.45, 2.75) is 37.1 Å². The second-order valence-corrected chi connectivity index (χ2v) is 6.44. The van der Waals surface area contributed by atoms with Gasteiger partial charge in [0, 0.05) is 16.5 Å². The number of likely N-dealkylation sites (N-methyl/N-ethyl adjacent to an activating group) is 1. The van der Waals surface area contributed by atoms with Crippen molar-refractivity contribution in [1.82, 2.24) is 5.32 Å². The molecule has 0 spiro atoms. The number of hydrogen-bond acceptors (Lipinski definition) is 1. The summed E-state index contributed by atoms with van der Waals surface area (Å²) in [4.78, 5) is 0. The number of nitrogens with one attached hydrogen (secondary N) is 1. The van der Waals surface area contributed by atoms with Crippen molar-refractivity contribution in [2.24, 2.45) is 0 Å². The van der Waals surface area contributed by atoms with E-state index in [2.05, 4.69) is 60.9 Å². The predicted octanol–water partition coefficient (Wildman–Crippen LogP) is 5.11. The van der Waals surface area contributed by atoms with Crippen LogP contribution in [-0.4, -0.2) is 7.05 Å². The van der Waals surface area contributed by atoms with E-state index in [1.807, 2.05) is 6.07 Å². The molecular formula is C19H22ClN. The summed E-state index contributed by atoms with van der Waals surface area (Å²) in [6.07, 6.45) is 5.06. The van der Waals surface area contributed by atoms with E-state index in [1.165, 1.54) is 36.8 Å². The van der Waals surface area contributed by atoms with Gasteiger partial charge >= 0.3 is 0 Å². The lowest BCUT2D eigenvalue weighted by molar-refractivity contribution is 0.316. The highest BCUT2D eigenvalue weighted by molar-refractivity contribution is 6.30. The molecule has 1 nitrogen and oxygen atoms in total. The molecule has 3 rings (SSSR count). The maximum absolute atomic E-state index is 6.22. The molecule has 1 unspecified atom stereocenters. The van der Waals surface area contributed by atoms with Crippen LogP contribution in [0.1, 0.15) is 42.9 Å². The molecule has 1 atom stereocenters. The van der Waals surface area contributed by atoms with Crippen LogP contribution in [0.5, 0.6) is 0 Å². The molecule has 1 aliphatic carbocycles. The number of halogens is 1. The van der Waals surface area contributed by atoms with Crippen LogP contribution in [0.2, 0.25) is 5.02 Å². The molecule has 0 aliphatic heterocycles. The molecule has 0 aromatic heterocycles. The fraction of sp³-hybridized carbons (Fsp3) is 0.368.